The Balaban J connectivity index is 2.81. The van der Waals surface area contributed by atoms with Crippen molar-refractivity contribution in [3.8, 4) is 0 Å². The largest absolute Gasteiger partial charge is 0.467 e. The summed E-state index contributed by atoms with van der Waals surface area (Å²) in [5, 5.41) is 3.12. The van der Waals surface area contributed by atoms with Crippen molar-refractivity contribution in [2.24, 2.45) is 5.73 Å². The number of hydrogen-bond acceptors (Lipinski definition) is 4. The molecule has 20 heavy (non-hydrogen) atoms. The Morgan fingerprint density at radius 2 is 1.95 bits per heavy atom. The number of nitrogens with two attached hydrogens (primary N) is 1. The third-order valence-corrected chi connectivity index (χ3v) is 3.21. The van der Waals surface area contributed by atoms with Crippen LogP contribution < -0.4 is 11.1 Å². The number of aryl methyl sites for hydroxylation is 2. The Kier molecular flexibility index (Phi) is 6.45. The second kappa shape index (κ2) is 7.85. The van der Waals surface area contributed by atoms with Crippen LogP contribution in [-0.2, 0) is 9.53 Å². The molecule has 0 aliphatic heterocycles. The first-order valence-corrected chi connectivity index (χ1v) is 6.80. The van der Waals surface area contributed by atoms with E-state index in [0.29, 0.717) is 24.1 Å². The molecule has 4 nitrogen and oxygen atoms in total. The third kappa shape index (κ3) is 4.49. The van der Waals surface area contributed by atoms with Gasteiger partial charge in [0.2, 0.25) is 0 Å². The van der Waals surface area contributed by atoms with Gasteiger partial charge in [0.15, 0.2) is 0 Å². The van der Waals surface area contributed by atoms with E-state index in [1.165, 1.54) is 7.11 Å². The Hall–Kier alpha value is -1.62. The van der Waals surface area contributed by atoms with E-state index in [1.807, 2.05) is 0 Å². The van der Waals surface area contributed by atoms with Crippen LogP contribution in [0.2, 0.25) is 0 Å². The normalized spacial score (nSPS) is 12.1. The molecule has 0 aliphatic rings. The fourth-order valence-corrected chi connectivity index (χ4v) is 2.11. The highest BCUT2D eigenvalue weighted by molar-refractivity contribution is 5.79. The van der Waals surface area contributed by atoms with Crippen molar-refractivity contribution in [3.05, 3.63) is 29.1 Å². The highest BCUT2D eigenvalue weighted by atomic mass is 19.1. The van der Waals surface area contributed by atoms with Crippen molar-refractivity contribution < 1.29 is 13.9 Å². The second-order valence-electron chi connectivity index (χ2n) is 4.93. The van der Waals surface area contributed by atoms with Gasteiger partial charge in [-0.15, -0.1) is 0 Å². The van der Waals surface area contributed by atoms with Crippen molar-refractivity contribution in [3.63, 3.8) is 0 Å². The summed E-state index contributed by atoms with van der Waals surface area (Å²) < 4.78 is 18.4. The highest BCUT2D eigenvalue weighted by Gasteiger charge is 2.19. The lowest BCUT2D eigenvalue weighted by atomic mass is 10.1. The molecule has 1 rings (SSSR count). The van der Waals surface area contributed by atoms with E-state index in [0.717, 1.165) is 18.5 Å². The molecule has 0 bridgehead atoms. The number of halogens is 1. The lowest BCUT2D eigenvalue weighted by molar-refractivity contribution is -0.141. The van der Waals surface area contributed by atoms with Crippen molar-refractivity contribution in [1.82, 2.24) is 0 Å². The molecule has 0 saturated carbocycles. The Labute approximate surface area is 119 Å². The second-order valence-corrected chi connectivity index (χ2v) is 4.93. The summed E-state index contributed by atoms with van der Waals surface area (Å²) in [7, 11) is 1.36. The standard InChI is InChI=1S/C15H23FN2O2/c1-10-8-12(9-11(2)14(10)16)18-13(15(19)20-3)6-4-5-7-17/h8-9,13,18H,4-7,17H2,1-3H3. The van der Waals surface area contributed by atoms with Gasteiger partial charge in [0, 0.05) is 5.69 Å². The van der Waals surface area contributed by atoms with Gasteiger partial charge < -0.3 is 15.8 Å². The molecule has 1 aromatic rings. The van der Waals surface area contributed by atoms with Crippen LogP contribution in [0.1, 0.15) is 30.4 Å². The zero-order chi connectivity index (χ0) is 15.1. The molecule has 0 amide bonds. The van der Waals surface area contributed by atoms with Crippen LogP contribution in [0.25, 0.3) is 0 Å². The zero-order valence-corrected chi connectivity index (χ0v) is 12.3. The highest BCUT2D eigenvalue weighted by Crippen LogP contribution is 2.20. The van der Waals surface area contributed by atoms with Crippen LogP contribution in [0.5, 0.6) is 0 Å². The predicted molar refractivity (Wildman–Crippen MR) is 78.2 cm³/mol. The quantitative estimate of drug-likeness (QED) is 0.596. The fourth-order valence-electron chi connectivity index (χ4n) is 2.11. The van der Waals surface area contributed by atoms with Gasteiger partial charge in [-0.05, 0) is 62.9 Å². The average Bonchev–Trinajstić information content (AvgIpc) is 2.43. The van der Waals surface area contributed by atoms with Gasteiger partial charge in [-0.3, -0.25) is 0 Å². The Morgan fingerprint density at radius 1 is 1.35 bits per heavy atom. The number of esters is 1. The van der Waals surface area contributed by atoms with Crippen LogP contribution in [0, 0.1) is 19.7 Å². The van der Waals surface area contributed by atoms with E-state index in [9.17, 15) is 9.18 Å². The maximum absolute atomic E-state index is 13.6. The van der Waals surface area contributed by atoms with Crippen LogP contribution in [0.3, 0.4) is 0 Å². The molecule has 1 atom stereocenters. The summed E-state index contributed by atoms with van der Waals surface area (Å²) in [6.07, 6.45) is 2.33. The molecule has 1 unspecified atom stereocenters. The molecule has 0 aromatic heterocycles. The van der Waals surface area contributed by atoms with Gasteiger partial charge in [-0.2, -0.15) is 0 Å². The Morgan fingerprint density at radius 3 is 2.45 bits per heavy atom. The minimum absolute atomic E-state index is 0.215. The van der Waals surface area contributed by atoms with Crippen molar-refractivity contribution in [2.45, 2.75) is 39.2 Å². The third-order valence-electron chi connectivity index (χ3n) is 3.21. The molecule has 1 aromatic carbocycles. The molecule has 112 valence electrons. The number of ether oxygens (including phenoxy) is 1. The van der Waals surface area contributed by atoms with Gasteiger partial charge in [0.05, 0.1) is 7.11 Å². The van der Waals surface area contributed by atoms with Crippen molar-refractivity contribution >= 4 is 11.7 Å². The van der Waals surface area contributed by atoms with Gasteiger partial charge in [0.25, 0.3) is 0 Å². The summed E-state index contributed by atoms with van der Waals surface area (Å²) in [5.74, 6) is -0.532. The molecule has 0 spiro atoms. The number of nitrogens with one attached hydrogen (secondary N) is 1. The maximum Gasteiger partial charge on any atom is 0.328 e. The molecular formula is C15H23FN2O2. The Bertz CT molecular complexity index is 440. The predicted octanol–water partition coefficient (Wildman–Crippen LogP) is 2.53. The van der Waals surface area contributed by atoms with Gasteiger partial charge >= 0.3 is 5.97 Å². The molecule has 0 radical (unpaired) electrons. The van der Waals surface area contributed by atoms with E-state index >= 15 is 0 Å². The van der Waals surface area contributed by atoms with Crippen LogP contribution >= 0.6 is 0 Å². The van der Waals surface area contributed by atoms with Crippen LogP contribution in [0.15, 0.2) is 12.1 Å². The fraction of sp³-hybridized carbons (Fsp3) is 0.533. The van der Waals surface area contributed by atoms with E-state index in [-0.39, 0.29) is 11.8 Å². The van der Waals surface area contributed by atoms with Gasteiger partial charge in [0.1, 0.15) is 11.9 Å². The van der Waals surface area contributed by atoms with Gasteiger partial charge in [-0.1, -0.05) is 0 Å². The number of rotatable bonds is 7. The van der Waals surface area contributed by atoms with Crippen LogP contribution in [-0.4, -0.2) is 25.7 Å². The van der Waals surface area contributed by atoms with E-state index in [1.54, 1.807) is 26.0 Å². The SMILES string of the molecule is COC(=O)C(CCCCN)Nc1cc(C)c(F)c(C)c1. The van der Waals surface area contributed by atoms with Crippen LogP contribution in [0.4, 0.5) is 10.1 Å². The van der Waals surface area contributed by atoms with Crippen molar-refractivity contribution in [1.29, 1.82) is 0 Å². The van der Waals surface area contributed by atoms with E-state index in [4.69, 9.17) is 10.5 Å². The summed E-state index contributed by atoms with van der Waals surface area (Å²) in [6, 6.07) is 2.96. The molecular weight excluding hydrogens is 259 g/mol. The average molecular weight is 282 g/mol. The molecule has 5 heteroatoms. The number of methoxy groups -OCH3 is 1. The maximum atomic E-state index is 13.6. The number of unbranched alkanes of at least 4 members (excludes halogenated alkanes) is 1. The number of hydrogen-bond donors (Lipinski definition) is 2. The summed E-state index contributed by atoms with van der Waals surface area (Å²) in [5.41, 5.74) is 7.29. The molecule has 3 N–H and O–H groups in total. The number of carbonyl (C=O) groups excluding carboxylic acids is 1. The molecule has 0 saturated heterocycles. The van der Waals surface area contributed by atoms with E-state index < -0.39 is 6.04 Å². The minimum Gasteiger partial charge on any atom is -0.467 e. The lowest BCUT2D eigenvalue weighted by Gasteiger charge is -2.18. The minimum atomic E-state index is -0.434. The number of carbonyl (C=O) groups is 1. The van der Waals surface area contributed by atoms with Gasteiger partial charge in [-0.25, -0.2) is 9.18 Å². The first kappa shape index (κ1) is 16.4. The molecule has 0 heterocycles. The summed E-state index contributed by atoms with van der Waals surface area (Å²) in [4.78, 5) is 11.8. The molecule has 0 fully saturated rings. The first-order chi connectivity index (χ1) is 9.49. The summed E-state index contributed by atoms with van der Waals surface area (Å²) in [6.45, 7) is 4.01. The van der Waals surface area contributed by atoms with E-state index in [2.05, 4.69) is 5.32 Å². The first-order valence-electron chi connectivity index (χ1n) is 6.80. The number of benzene rings is 1. The lowest BCUT2D eigenvalue weighted by Crippen LogP contribution is -2.30. The topological polar surface area (TPSA) is 64.3 Å². The monoisotopic (exact) mass is 282 g/mol. The molecule has 0 aliphatic carbocycles. The summed E-state index contributed by atoms with van der Waals surface area (Å²) >= 11 is 0. The number of anilines is 1. The smallest absolute Gasteiger partial charge is 0.328 e. The zero-order valence-electron chi connectivity index (χ0n) is 12.3. The van der Waals surface area contributed by atoms with Crippen molar-refractivity contribution in [2.75, 3.05) is 19.0 Å².